The van der Waals surface area contributed by atoms with E-state index >= 15 is 0 Å². The normalized spacial score (nSPS) is 12.6. The molecular weight excluding hydrogens is 249 g/mol. The fraction of sp³-hybridized carbons (Fsp3) is 0.385. The van der Waals surface area contributed by atoms with E-state index in [9.17, 15) is 4.39 Å². The molecule has 0 saturated heterocycles. The second kappa shape index (κ2) is 5.79. The van der Waals surface area contributed by atoms with Crippen molar-refractivity contribution >= 4 is 5.69 Å². The van der Waals surface area contributed by atoms with Gasteiger partial charge < -0.3 is 15.0 Å². The van der Waals surface area contributed by atoms with Crippen molar-refractivity contribution in [3.05, 3.63) is 29.8 Å². The maximum Gasteiger partial charge on any atom is 0.260 e. The van der Waals surface area contributed by atoms with Gasteiger partial charge in [-0.25, -0.2) is 4.39 Å². The van der Waals surface area contributed by atoms with E-state index in [4.69, 9.17) is 15.0 Å². The highest BCUT2D eigenvalue weighted by molar-refractivity contribution is 5.70. The highest BCUT2D eigenvalue weighted by Gasteiger charge is 2.19. The molecule has 0 radical (unpaired) electrons. The summed E-state index contributed by atoms with van der Waals surface area (Å²) in [6.07, 6.45) is 1.50. The van der Waals surface area contributed by atoms with Gasteiger partial charge in [-0.3, -0.25) is 0 Å². The molecule has 102 valence electrons. The Kier molecular flexibility index (Phi) is 4.11. The number of rotatable bonds is 5. The second-order valence-corrected chi connectivity index (χ2v) is 4.20. The van der Waals surface area contributed by atoms with Crippen LogP contribution < -0.4 is 5.73 Å². The number of hydrogen-bond acceptors (Lipinski definition) is 5. The minimum absolute atomic E-state index is 0.199. The molecule has 0 fully saturated rings. The van der Waals surface area contributed by atoms with Crippen LogP contribution in [0.5, 0.6) is 0 Å². The summed E-state index contributed by atoms with van der Waals surface area (Å²) in [5.41, 5.74) is 6.56. The lowest BCUT2D eigenvalue weighted by Crippen LogP contribution is -2.03. The van der Waals surface area contributed by atoms with Crippen LogP contribution in [0.2, 0.25) is 0 Å². The van der Waals surface area contributed by atoms with Gasteiger partial charge in [0.1, 0.15) is 11.9 Å². The van der Waals surface area contributed by atoms with Gasteiger partial charge in [-0.2, -0.15) is 4.98 Å². The van der Waals surface area contributed by atoms with Crippen molar-refractivity contribution in [2.24, 2.45) is 0 Å². The highest BCUT2D eigenvalue weighted by Crippen LogP contribution is 2.27. The Morgan fingerprint density at radius 1 is 1.47 bits per heavy atom. The minimum Gasteiger partial charge on any atom is -0.398 e. The fourth-order valence-electron chi connectivity index (χ4n) is 1.80. The number of anilines is 1. The number of benzene rings is 1. The third-order valence-electron chi connectivity index (χ3n) is 2.81. The van der Waals surface area contributed by atoms with Crippen LogP contribution in [-0.4, -0.2) is 17.3 Å². The Hall–Kier alpha value is -1.95. The molecule has 2 rings (SSSR count). The lowest BCUT2D eigenvalue weighted by molar-refractivity contribution is 0.0854. The van der Waals surface area contributed by atoms with Gasteiger partial charge in [0.05, 0.1) is 5.56 Å². The molecule has 1 heterocycles. The summed E-state index contributed by atoms with van der Waals surface area (Å²) < 4.78 is 23.6. The van der Waals surface area contributed by atoms with Gasteiger partial charge >= 0.3 is 0 Å². The van der Waals surface area contributed by atoms with Crippen LogP contribution in [0.1, 0.15) is 31.7 Å². The van der Waals surface area contributed by atoms with Crippen LogP contribution in [0.15, 0.2) is 22.7 Å². The zero-order valence-corrected chi connectivity index (χ0v) is 10.9. The molecule has 1 unspecified atom stereocenters. The van der Waals surface area contributed by atoms with Gasteiger partial charge in [-0.05, 0) is 24.6 Å². The average molecular weight is 265 g/mol. The third kappa shape index (κ3) is 2.90. The Morgan fingerprint density at radius 2 is 2.26 bits per heavy atom. The van der Waals surface area contributed by atoms with Crippen molar-refractivity contribution in [1.29, 1.82) is 0 Å². The monoisotopic (exact) mass is 265 g/mol. The van der Waals surface area contributed by atoms with E-state index in [0.29, 0.717) is 17.1 Å². The van der Waals surface area contributed by atoms with E-state index < -0.39 is 5.82 Å². The zero-order valence-electron chi connectivity index (χ0n) is 10.9. The van der Waals surface area contributed by atoms with Crippen molar-refractivity contribution in [3.63, 3.8) is 0 Å². The van der Waals surface area contributed by atoms with Crippen LogP contribution in [0.25, 0.3) is 11.5 Å². The number of halogens is 1. The van der Waals surface area contributed by atoms with Crippen molar-refractivity contribution in [2.75, 3.05) is 12.8 Å². The summed E-state index contributed by atoms with van der Waals surface area (Å²) >= 11 is 0. The molecule has 0 saturated carbocycles. The molecule has 0 aliphatic rings. The largest absolute Gasteiger partial charge is 0.398 e. The molecule has 1 aromatic heterocycles. The lowest BCUT2D eigenvalue weighted by Gasteiger charge is -2.08. The number of nitrogens with zero attached hydrogens (tertiary/aromatic N) is 2. The maximum absolute atomic E-state index is 13.2. The van der Waals surface area contributed by atoms with E-state index in [1.165, 1.54) is 18.2 Å². The number of nitrogen functional groups attached to an aromatic ring is 1. The van der Waals surface area contributed by atoms with E-state index in [2.05, 4.69) is 10.1 Å². The first-order valence-corrected chi connectivity index (χ1v) is 6.07. The Bertz CT molecular complexity index is 557. The molecular formula is C13H16FN3O2. The zero-order chi connectivity index (χ0) is 13.8. The van der Waals surface area contributed by atoms with Gasteiger partial charge in [0.2, 0.25) is 5.82 Å². The van der Waals surface area contributed by atoms with Crippen LogP contribution in [-0.2, 0) is 4.74 Å². The highest BCUT2D eigenvalue weighted by atomic mass is 19.1. The molecule has 19 heavy (non-hydrogen) atoms. The van der Waals surface area contributed by atoms with E-state index in [1.807, 2.05) is 6.92 Å². The number of hydrogen-bond donors (Lipinski definition) is 1. The molecule has 0 aliphatic heterocycles. The number of ether oxygens (including phenoxy) is 1. The van der Waals surface area contributed by atoms with Gasteiger partial charge in [-0.1, -0.05) is 18.5 Å². The van der Waals surface area contributed by atoms with Gasteiger partial charge in [-0.15, -0.1) is 0 Å². The summed E-state index contributed by atoms with van der Waals surface area (Å²) in [6, 6.07) is 4.02. The van der Waals surface area contributed by atoms with E-state index in [0.717, 1.165) is 12.8 Å². The molecule has 0 amide bonds. The molecule has 0 bridgehead atoms. The van der Waals surface area contributed by atoms with E-state index in [1.54, 1.807) is 7.11 Å². The number of methoxy groups -OCH3 is 1. The first-order valence-electron chi connectivity index (χ1n) is 6.07. The van der Waals surface area contributed by atoms with E-state index in [-0.39, 0.29) is 12.0 Å². The fourth-order valence-corrected chi connectivity index (χ4v) is 1.80. The molecule has 5 nitrogen and oxygen atoms in total. The standard InChI is InChI=1S/C13H16FN3O2/c1-3-4-11(18-2)12-16-13(19-17-12)9-7-8(14)5-6-10(9)15/h5-7,11H,3-4,15H2,1-2H3. The third-order valence-corrected chi connectivity index (χ3v) is 2.81. The van der Waals surface area contributed by atoms with Crippen molar-refractivity contribution in [1.82, 2.24) is 10.1 Å². The smallest absolute Gasteiger partial charge is 0.260 e. The van der Waals surface area contributed by atoms with Crippen molar-refractivity contribution in [3.8, 4) is 11.5 Å². The number of nitrogens with two attached hydrogens (primary N) is 1. The quantitative estimate of drug-likeness (QED) is 0.841. The summed E-state index contributed by atoms with van der Waals surface area (Å²) in [5.74, 6) is 0.244. The van der Waals surface area contributed by atoms with Crippen LogP contribution in [0.3, 0.4) is 0 Å². The molecule has 1 aromatic carbocycles. The second-order valence-electron chi connectivity index (χ2n) is 4.20. The molecule has 2 aromatic rings. The summed E-state index contributed by atoms with van der Waals surface area (Å²) in [7, 11) is 1.59. The predicted molar refractivity (Wildman–Crippen MR) is 68.8 cm³/mol. The molecule has 1 atom stereocenters. The summed E-state index contributed by atoms with van der Waals surface area (Å²) in [5, 5.41) is 3.86. The van der Waals surface area contributed by atoms with Gasteiger partial charge in [0.25, 0.3) is 5.89 Å². The van der Waals surface area contributed by atoms with Crippen LogP contribution in [0, 0.1) is 5.82 Å². The van der Waals surface area contributed by atoms with Crippen LogP contribution >= 0.6 is 0 Å². The first-order chi connectivity index (χ1) is 9.15. The minimum atomic E-state index is -0.402. The predicted octanol–water partition coefficient (Wildman–Crippen LogP) is 2.95. The average Bonchev–Trinajstić information content (AvgIpc) is 2.88. The van der Waals surface area contributed by atoms with Gasteiger partial charge in [0.15, 0.2) is 0 Å². The lowest BCUT2D eigenvalue weighted by atomic mass is 10.1. The summed E-state index contributed by atoms with van der Waals surface area (Å²) in [4.78, 5) is 4.22. The van der Waals surface area contributed by atoms with Crippen LogP contribution in [0.4, 0.5) is 10.1 Å². The Morgan fingerprint density at radius 3 is 2.95 bits per heavy atom. The van der Waals surface area contributed by atoms with Crippen molar-refractivity contribution < 1.29 is 13.7 Å². The molecule has 6 heteroatoms. The topological polar surface area (TPSA) is 74.2 Å². The molecule has 0 spiro atoms. The number of aromatic nitrogens is 2. The Balaban J connectivity index is 2.32. The summed E-state index contributed by atoms with van der Waals surface area (Å²) in [6.45, 7) is 2.04. The Labute approximate surface area is 110 Å². The maximum atomic E-state index is 13.2. The first kappa shape index (κ1) is 13.5. The van der Waals surface area contributed by atoms with Crippen molar-refractivity contribution in [2.45, 2.75) is 25.9 Å². The van der Waals surface area contributed by atoms with Gasteiger partial charge in [0, 0.05) is 12.8 Å². The SMILES string of the molecule is CCCC(OC)c1noc(-c2cc(F)ccc2N)n1. The molecule has 0 aliphatic carbocycles. The molecule has 2 N–H and O–H groups in total.